The highest BCUT2D eigenvalue weighted by Crippen LogP contribution is 2.21. The highest BCUT2D eigenvalue weighted by Gasteiger charge is 2.11. The number of halogens is 1. The van der Waals surface area contributed by atoms with Crippen LogP contribution in [0.1, 0.15) is 5.56 Å². The first-order valence-corrected chi connectivity index (χ1v) is 7.47. The maximum Gasteiger partial charge on any atom is 0.332 e. The van der Waals surface area contributed by atoms with E-state index in [1.807, 2.05) is 43.3 Å². The van der Waals surface area contributed by atoms with Crippen molar-refractivity contribution in [3.8, 4) is 5.69 Å². The lowest BCUT2D eigenvalue weighted by Gasteiger charge is -2.09. The van der Waals surface area contributed by atoms with Gasteiger partial charge in [-0.15, -0.1) is 0 Å². The van der Waals surface area contributed by atoms with E-state index in [2.05, 4.69) is 9.69 Å². The van der Waals surface area contributed by atoms with Gasteiger partial charge in [0.2, 0.25) is 5.95 Å². The number of benzene rings is 2. The average molecular weight is 318 g/mol. The number of rotatable bonds is 3. The van der Waals surface area contributed by atoms with Crippen LogP contribution in [0.3, 0.4) is 0 Å². The molecule has 0 amide bonds. The summed E-state index contributed by atoms with van der Waals surface area (Å²) in [4.78, 5) is 11.9. The van der Waals surface area contributed by atoms with Crippen molar-refractivity contribution in [2.75, 3.05) is 5.32 Å². The molecule has 0 fully saturated rings. The molecule has 0 aliphatic carbocycles. The predicted octanol–water partition coefficient (Wildman–Crippen LogP) is 4.00. The highest BCUT2D eigenvalue weighted by atomic mass is 35.5. The molecule has 0 saturated carbocycles. The first-order chi connectivity index (χ1) is 10.1. The molecule has 0 saturated heterocycles. The summed E-state index contributed by atoms with van der Waals surface area (Å²) in [5.74, 6) is 0.484. The van der Waals surface area contributed by atoms with Gasteiger partial charge in [0.25, 0.3) is 0 Å². The van der Waals surface area contributed by atoms with E-state index in [0.29, 0.717) is 11.0 Å². The van der Waals surface area contributed by atoms with Crippen molar-refractivity contribution < 1.29 is 0 Å². The van der Waals surface area contributed by atoms with Crippen molar-refractivity contribution >= 4 is 34.8 Å². The topological polar surface area (TPSA) is 46.9 Å². The monoisotopic (exact) mass is 317 g/mol. The number of nitrogens with zero attached hydrogens (tertiary/aromatic N) is 2. The second-order valence-corrected chi connectivity index (χ2v) is 5.73. The van der Waals surface area contributed by atoms with Gasteiger partial charge in [0.1, 0.15) is 0 Å². The summed E-state index contributed by atoms with van der Waals surface area (Å²) < 4.78 is 5.74. The van der Waals surface area contributed by atoms with Gasteiger partial charge in [0, 0.05) is 22.2 Å². The van der Waals surface area contributed by atoms with Gasteiger partial charge < -0.3 is 5.32 Å². The highest BCUT2D eigenvalue weighted by molar-refractivity contribution is 7.03. The molecule has 106 valence electrons. The number of nitrogens with one attached hydrogen (secondary N) is 1. The van der Waals surface area contributed by atoms with Crippen molar-refractivity contribution in [2.24, 2.45) is 0 Å². The van der Waals surface area contributed by atoms with Crippen molar-refractivity contribution in [2.45, 2.75) is 6.92 Å². The lowest BCUT2D eigenvalue weighted by molar-refractivity contribution is 1.02. The number of aryl methyl sites for hydroxylation is 1. The van der Waals surface area contributed by atoms with Crippen LogP contribution in [-0.4, -0.2) is 8.94 Å². The third-order valence-electron chi connectivity index (χ3n) is 2.95. The Bertz CT molecular complexity index is 841. The van der Waals surface area contributed by atoms with Gasteiger partial charge in [0.15, 0.2) is 0 Å². The molecule has 0 bridgehead atoms. The minimum absolute atomic E-state index is 0.134. The molecule has 0 aliphatic heterocycles. The molecule has 0 unspecified atom stereocenters. The molecule has 3 aromatic rings. The maximum absolute atomic E-state index is 12.1. The second-order valence-electron chi connectivity index (χ2n) is 4.58. The first-order valence-electron chi connectivity index (χ1n) is 6.32. The molecular weight excluding hydrogens is 306 g/mol. The van der Waals surface area contributed by atoms with Crippen molar-refractivity contribution in [3.63, 3.8) is 0 Å². The number of hydrogen-bond donors (Lipinski definition) is 1. The van der Waals surface area contributed by atoms with Gasteiger partial charge in [-0.3, -0.25) is 4.79 Å². The fourth-order valence-corrected chi connectivity index (χ4v) is 2.77. The summed E-state index contributed by atoms with van der Waals surface area (Å²) in [6.45, 7) is 1.98. The second kappa shape index (κ2) is 5.71. The molecule has 1 N–H and O–H groups in total. The van der Waals surface area contributed by atoms with E-state index in [1.165, 1.54) is 0 Å². The molecule has 2 aromatic carbocycles. The van der Waals surface area contributed by atoms with Crippen LogP contribution in [-0.2, 0) is 0 Å². The fraction of sp³-hybridized carbons (Fsp3) is 0.0667. The van der Waals surface area contributed by atoms with Gasteiger partial charge in [-0.1, -0.05) is 29.8 Å². The Hall–Kier alpha value is -2.11. The van der Waals surface area contributed by atoms with Crippen LogP contribution < -0.4 is 10.2 Å². The molecule has 1 aromatic heterocycles. The average Bonchev–Trinajstić information content (AvgIpc) is 2.80. The molecule has 0 radical (unpaired) electrons. The molecular formula is C15H12ClN3OS. The van der Waals surface area contributed by atoms with Crippen LogP contribution in [0.25, 0.3) is 5.69 Å². The van der Waals surface area contributed by atoms with E-state index >= 15 is 0 Å². The Morgan fingerprint density at radius 2 is 2.00 bits per heavy atom. The van der Waals surface area contributed by atoms with Crippen LogP contribution in [0.15, 0.2) is 53.3 Å². The molecule has 3 rings (SSSR count). The number of aromatic nitrogens is 2. The molecule has 21 heavy (non-hydrogen) atoms. The van der Waals surface area contributed by atoms with Crippen LogP contribution >= 0.6 is 23.1 Å². The van der Waals surface area contributed by atoms with E-state index in [1.54, 1.807) is 16.7 Å². The minimum atomic E-state index is -0.134. The van der Waals surface area contributed by atoms with Crippen molar-refractivity contribution in [3.05, 3.63) is 68.8 Å². The van der Waals surface area contributed by atoms with Gasteiger partial charge in [-0.2, -0.15) is 4.37 Å². The van der Waals surface area contributed by atoms with E-state index in [-0.39, 0.29) is 4.87 Å². The predicted molar refractivity (Wildman–Crippen MR) is 87.2 cm³/mol. The van der Waals surface area contributed by atoms with Gasteiger partial charge in [0.05, 0.1) is 5.69 Å². The third kappa shape index (κ3) is 2.99. The minimum Gasteiger partial charge on any atom is -0.324 e. The Morgan fingerprint density at radius 3 is 2.76 bits per heavy atom. The summed E-state index contributed by atoms with van der Waals surface area (Å²) >= 11 is 6.88. The van der Waals surface area contributed by atoms with Gasteiger partial charge in [-0.05, 0) is 42.8 Å². The van der Waals surface area contributed by atoms with Crippen LogP contribution in [0.2, 0.25) is 5.02 Å². The zero-order valence-electron chi connectivity index (χ0n) is 11.2. The van der Waals surface area contributed by atoms with Crippen LogP contribution in [0.4, 0.5) is 11.6 Å². The summed E-state index contributed by atoms with van der Waals surface area (Å²) in [6.07, 6.45) is 0. The van der Waals surface area contributed by atoms with Crippen LogP contribution in [0.5, 0.6) is 0 Å². The quantitative estimate of drug-likeness (QED) is 0.794. The molecule has 0 atom stereocenters. The molecule has 0 aliphatic rings. The standard InChI is InChI=1S/C15H12ClN3OS/c1-10-4-2-7-13(8-10)19-14(18-21-15(19)20)17-12-6-3-5-11(16)9-12/h2-9H,1H3,(H,17,18). The normalized spacial score (nSPS) is 10.6. The zero-order chi connectivity index (χ0) is 14.8. The van der Waals surface area contributed by atoms with E-state index in [4.69, 9.17) is 11.6 Å². The van der Waals surface area contributed by atoms with Gasteiger partial charge >= 0.3 is 4.87 Å². The summed E-state index contributed by atoms with van der Waals surface area (Å²) in [5.41, 5.74) is 2.66. The largest absolute Gasteiger partial charge is 0.332 e. The number of anilines is 2. The maximum atomic E-state index is 12.1. The van der Waals surface area contributed by atoms with E-state index in [9.17, 15) is 4.79 Å². The Kier molecular flexibility index (Phi) is 3.77. The molecule has 4 nitrogen and oxygen atoms in total. The van der Waals surface area contributed by atoms with Gasteiger partial charge in [-0.25, -0.2) is 4.57 Å². The fourth-order valence-electron chi connectivity index (χ4n) is 2.02. The Labute approximate surface area is 130 Å². The Balaban J connectivity index is 2.03. The summed E-state index contributed by atoms with van der Waals surface area (Å²) in [7, 11) is 0. The summed E-state index contributed by atoms with van der Waals surface area (Å²) in [5, 5.41) is 3.75. The van der Waals surface area contributed by atoms with Crippen molar-refractivity contribution in [1.82, 2.24) is 8.94 Å². The number of hydrogen-bond acceptors (Lipinski definition) is 4. The summed E-state index contributed by atoms with van der Waals surface area (Å²) in [6, 6.07) is 15.0. The Morgan fingerprint density at radius 1 is 1.19 bits per heavy atom. The molecule has 6 heteroatoms. The van der Waals surface area contributed by atoms with E-state index in [0.717, 1.165) is 28.5 Å². The lowest BCUT2D eigenvalue weighted by Crippen LogP contribution is -2.13. The first kappa shape index (κ1) is 13.9. The SMILES string of the molecule is Cc1cccc(-n2c(Nc3cccc(Cl)c3)nsc2=O)c1. The third-order valence-corrected chi connectivity index (χ3v) is 3.78. The van der Waals surface area contributed by atoms with Crippen molar-refractivity contribution in [1.29, 1.82) is 0 Å². The zero-order valence-corrected chi connectivity index (χ0v) is 12.8. The van der Waals surface area contributed by atoms with E-state index < -0.39 is 0 Å². The molecule has 1 heterocycles. The van der Waals surface area contributed by atoms with Crippen LogP contribution in [0, 0.1) is 6.92 Å². The lowest BCUT2D eigenvalue weighted by atomic mass is 10.2. The molecule has 0 spiro atoms. The smallest absolute Gasteiger partial charge is 0.324 e.